The van der Waals surface area contributed by atoms with Crippen LogP contribution in [0.4, 0.5) is 4.79 Å². The average Bonchev–Trinajstić information content (AvgIpc) is 2.81. The van der Waals surface area contributed by atoms with Crippen LogP contribution in [0.2, 0.25) is 0 Å². The Bertz CT molecular complexity index is 679. The number of amides is 2. The minimum Gasteiger partial charge on any atom is -0.304 e. The highest BCUT2D eigenvalue weighted by Gasteiger charge is 2.28. The van der Waals surface area contributed by atoms with Gasteiger partial charge in [-0.3, -0.25) is 4.79 Å². The molecule has 2 aliphatic rings. The molecular weight excluding hydrogens is 240 g/mol. The van der Waals surface area contributed by atoms with Gasteiger partial charge in [0.2, 0.25) is 5.78 Å². The van der Waals surface area contributed by atoms with Crippen molar-refractivity contribution < 1.29 is 9.59 Å². The van der Waals surface area contributed by atoms with Crippen molar-refractivity contribution in [3.05, 3.63) is 65.4 Å². The Balaban J connectivity index is 1.88. The van der Waals surface area contributed by atoms with E-state index in [0.29, 0.717) is 11.3 Å². The lowest BCUT2D eigenvalue weighted by Gasteiger charge is -2.07. The molecule has 0 atom stereocenters. The van der Waals surface area contributed by atoms with E-state index in [4.69, 9.17) is 0 Å². The first kappa shape index (κ1) is 11.3. The van der Waals surface area contributed by atoms with Crippen molar-refractivity contribution in [3.63, 3.8) is 0 Å². The fourth-order valence-electron chi connectivity index (χ4n) is 1.92. The van der Waals surface area contributed by atoms with E-state index in [1.54, 1.807) is 18.2 Å². The number of nitrogens with zero attached hydrogens (tertiary/aromatic N) is 1. The normalized spacial score (nSPS) is 17.8. The van der Waals surface area contributed by atoms with Gasteiger partial charge >= 0.3 is 6.03 Å². The lowest BCUT2D eigenvalue weighted by Crippen LogP contribution is -2.23. The molecule has 0 bridgehead atoms. The van der Waals surface area contributed by atoms with Crippen LogP contribution in [0.5, 0.6) is 0 Å². The molecule has 0 radical (unpaired) electrons. The Morgan fingerprint density at radius 3 is 2.58 bits per heavy atom. The maximum Gasteiger partial charge on any atom is 0.346 e. The largest absolute Gasteiger partial charge is 0.346 e. The molecule has 4 heteroatoms. The molecule has 2 amide bonds. The Morgan fingerprint density at radius 1 is 1.00 bits per heavy atom. The van der Waals surface area contributed by atoms with Crippen molar-refractivity contribution in [2.45, 2.75) is 0 Å². The molecule has 1 aliphatic heterocycles. The number of allylic oxidation sites excluding steroid dienone is 5. The molecule has 1 aromatic rings. The molecule has 0 fully saturated rings. The summed E-state index contributed by atoms with van der Waals surface area (Å²) < 4.78 is 0. The predicted molar refractivity (Wildman–Crippen MR) is 72.6 cm³/mol. The van der Waals surface area contributed by atoms with Gasteiger partial charge in [0.25, 0.3) is 0 Å². The van der Waals surface area contributed by atoms with E-state index >= 15 is 0 Å². The fourth-order valence-corrected chi connectivity index (χ4v) is 1.92. The van der Waals surface area contributed by atoms with Gasteiger partial charge in [0.1, 0.15) is 5.71 Å². The third kappa shape index (κ3) is 2.15. The Kier molecular flexibility index (Phi) is 2.68. The first-order valence-electron chi connectivity index (χ1n) is 5.84. The Morgan fingerprint density at radius 2 is 1.79 bits per heavy atom. The van der Waals surface area contributed by atoms with Gasteiger partial charge in [-0.25, -0.2) is 4.79 Å². The molecular formula is C15H10N2O2. The zero-order chi connectivity index (χ0) is 13.2. The summed E-state index contributed by atoms with van der Waals surface area (Å²) in [5.41, 5.74) is 2.20. The van der Waals surface area contributed by atoms with Gasteiger partial charge in [-0.15, -0.1) is 0 Å². The number of rotatable bonds is 2. The van der Waals surface area contributed by atoms with Crippen molar-refractivity contribution in [1.29, 1.82) is 0 Å². The first-order valence-corrected chi connectivity index (χ1v) is 5.84. The van der Waals surface area contributed by atoms with E-state index in [1.807, 2.05) is 36.4 Å². The van der Waals surface area contributed by atoms with Crippen LogP contribution < -0.4 is 5.32 Å². The van der Waals surface area contributed by atoms with Crippen molar-refractivity contribution >= 4 is 23.6 Å². The summed E-state index contributed by atoms with van der Waals surface area (Å²) in [4.78, 5) is 26.9. The van der Waals surface area contributed by atoms with Crippen LogP contribution in [0.15, 0.2) is 64.8 Å². The lowest BCUT2D eigenvalue weighted by molar-refractivity contribution is -0.109. The molecule has 0 saturated heterocycles. The summed E-state index contributed by atoms with van der Waals surface area (Å²) >= 11 is 0. The van der Waals surface area contributed by atoms with E-state index in [2.05, 4.69) is 10.3 Å². The number of carbonyl (C=O) groups is 2. The standard InChI is InChI=1S/C15H10N2O2/c18-14-11(7-6-10-4-2-1-3-5-10)8-9-12-13(14)17-15(19)16-12/h1-9H,(H,16,19). The quantitative estimate of drug-likeness (QED) is 0.818. The molecule has 19 heavy (non-hydrogen) atoms. The highest BCUT2D eigenvalue weighted by atomic mass is 16.2. The van der Waals surface area contributed by atoms with Gasteiger partial charge in [-0.2, -0.15) is 4.99 Å². The van der Waals surface area contributed by atoms with E-state index in [-0.39, 0.29) is 11.5 Å². The van der Waals surface area contributed by atoms with Crippen molar-refractivity contribution in [1.82, 2.24) is 5.32 Å². The zero-order valence-electron chi connectivity index (χ0n) is 9.96. The van der Waals surface area contributed by atoms with Crippen molar-refractivity contribution in [2.75, 3.05) is 0 Å². The van der Waals surface area contributed by atoms with Gasteiger partial charge in [0, 0.05) is 5.57 Å². The molecule has 3 rings (SSSR count). The number of nitrogens with one attached hydrogen (secondary N) is 1. The van der Waals surface area contributed by atoms with Crippen LogP contribution in [0.1, 0.15) is 5.56 Å². The Labute approximate surface area is 109 Å². The van der Waals surface area contributed by atoms with Crippen LogP contribution in [0, 0.1) is 0 Å². The molecule has 1 heterocycles. The molecule has 0 unspecified atom stereocenters. The highest BCUT2D eigenvalue weighted by Crippen LogP contribution is 2.17. The lowest BCUT2D eigenvalue weighted by atomic mass is 9.98. The van der Waals surface area contributed by atoms with E-state index in [1.165, 1.54) is 0 Å². The maximum absolute atomic E-state index is 12.1. The maximum atomic E-state index is 12.1. The van der Waals surface area contributed by atoms with Crippen molar-refractivity contribution in [3.8, 4) is 0 Å². The molecule has 1 N–H and O–H groups in total. The van der Waals surface area contributed by atoms with E-state index in [0.717, 1.165) is 5.56 Å². The Hall–Kier alpha value is -2.75. The fraction of sp³-hybridized carbons (Fsp3) is 0. The van der Waals surface area contributed by atoms with Crippen LogP contribution >= 0.6 is 0 Å². The number of fused-ring (bicyclic) bond motifs is 1. The predicted octanol–water partition coefficient (Wildman–Crippen LogP) is 2.26. The van der Waals surface area contributed by atoms with E-state index in [9.17, 15) is 9.59 Å². The van der Waals surface area contributed by atoms with Gasteiger partial charge in [-0.1, -0.05) is 42.5 Å². The van der Waals surface area contributed by atoms with Gasteiger partial charge in [0.05, 0.1) is 5.70 Å². The molecule has 0 spiro atoms. The second-order valence-electron chi connectivity index (χ2n) is 4.17. The number of hydrogen-bond acceptors (Lipinski definition) is 2. The number of urea groups is 1. The van der Waals surface area contributed by atoms with Crippen molar-refractivity contribution in [2.24, 2.45) is 4.99 Å². The third-order valence-corrected chi connectivity index (χ3v) is 2.87. The molecule has 92 valence electrons. The topological polar surface area (TPSA) is 58.5 Å². The molecule has 0 saturated carbocycles. The third-order valence-electron chi connectivity index (χ3n) is 2.87. The molecule has 1 aromatic carbocycles. The van der Waals surface area contributed by atoms with Gasteiger partial charge in [-0.05, 0) is 17.7 Å². The highest BCUT2D eigenvalue weighted by molar-refractivity contribution is 6.55. The summed E-state index contributed by atoms with van der Waals surface area (Å²) in [5, 5.41) is 2.51. The summed E-state index contributed by atoms with van der Waals surface area (Å²) in [7, 11) is 0. The first-order chi connectivity index (χ1) is 9.24. The second-order valence-corrected chi connectivity index (χ2v) is 4.17. The van der Waals surface area contributed by atoms with Crippen LogP contribution in [0.25, 0.3) is 6.08 Å². The summed E-state index contributed by atoms with van der Waals surface area (Å²) in [5.74, 6) is -0.233. The van der Waals surface area contributed by atoms with Crippen LogP contribution in [0.3, 0.4) is 0 Å². The summed E-state index contributed by atoms with van der Waals surface area (Å²) in [6, 6.07) is 9.20. The summed E-state index contributed by atoms with van der Waals surface area (Å²) in [6.07, 6.45) is 6.96. The monoisotopic (exact) mass is 250 g/mol. The molecule has 4 nitrogen and oxygen atoms in total. The van der Waals surface area contributed by atoms with Gasteiger partial charge < -0.3 is 5.32 Å². The number of hydrogen-bond donors (Lipinski definition) is 1. The average molecular weight is 250 g/mol. The van der Waals surface area contributed by atoms with Gasteiger partial charge in [0.15, 0.2) is 0 Å². The number of carbonyl (C=O) groups excluding carboxylic acids is 2. The number of aliphatic imine (C=N–C) groups is 1. The minimum atomic E-state index is -0.490. The van der Waals surface area contributed by atoms with Crippen LogP contribution in [-0.4, -0.2) is 17.5 Å². The van der Waals surface area contributed by atoms with Crippen LogP contribution in [-0.2, 0) is 4.79 Å². The number of benzene rings is 1. The zero-order valence-corrected chi connectivity index (χ0v) is 9.96. The molecule has 1 aliphatic carbocycles. The second kappa shape index (κ2) is 4.49. The van der Waals surface area contributed by atoms with E-state index < -0.39 is 6.03 Å². The summed E-state index contributed by atoms with van der Waals surface area (Å²) in [6.45, 7) is 0. The number of Topliss-reactive ketones (excluding diaryl/α,β-unsaturated/α-hetero) is 1. The smallest absolute Gasteiger partial charge is 0.304 e. The number of ketones is 1. The SMILES string of the molecule is O=C1N=C2C(=O)C(C=Cc3ccccc3)=CC=C2N1. The molecule has 0 aromatic heterocycles. The minimum absolute atomic E-state index is 0.195.